The molecule has 0 saturated heterocycles. The number of hydrogen-bond acceptors (Lipinski definition) is 7. The number of thiocarbonyl (C=S) groups is 2. The predicted octanol–water partition coefficient (Wildman–Crippen LogP) is 0.846. The topological polar surface area (TPSA) is 129 Å². The molecule has 0 atom stereocenters. The minimum atomic E-state index is -0.645. The number of hydrogen-bond donors (Lipinski definition) is 4. The van der Waals surface area contributed by atoms with Crippen molar-refractivity contribution in [2.45, 2.75) is 13.8 Å². The van der Waals surface area contributed by atoms with Gasteiger partial charge in [-0.25, -0.2) is 0 Å². The Morgan fingerprint density at radius 3 is 2.42 bits per heavy atom. The lowest BCUT2D eigenvalue weighted by atomic mass is 10.3. The Labute approximate surface area is 148 Å². The lowest BCUT2D eigenvalue weighted by Gasteiger charge is -2.05. The second-order valence-corrected chi connectivity index (χ2v) is 4.91. The summed E-state index contributed by atoms with van der Waals surface area (Å²) in [5.74, 6) is -0.259. The smallest absolute Gasteiger partial charge is 0.399 e. The molecule has 0 bridgehead atoms. The van der Waals surface area contributed by atoms with Crippen LogP contribution in [0.5, 0.6) is 0 Å². The molecule has 0 aliphatic carbocycles. The molecule has 1 heterocycles. The number of rotatable bonds is 7. The van der Waals surface area contributed by atoms with Gasteiger partial charge in [0.25, 0.3) is 0 Å². The Morgan fingerprint density at radius 2 is 1.88 bits per heavy atom. The molecule has 1 rings (SSSR count). The average molecular weight is 371 g/mol. The van der Waals surface area contributed by atoms with Crippen molar-refractivity contribution in [2.75, 3.05) is 13.1 Å². The molecule has 0 radical (unpaired) electrons. The van der Waals surface area contributed by atoms with Crippen LogP contribution in [0.25, 0.3) is 0 Å². The van der Waals surface area contributed by atoms with E-state index in [2.05, 4.69) is 31.7 Å². The zero-order valence-corrected chi connectivity index (χ0v) is 14.7. The fourth-order valence-electron chi connectivity index (χ4n) is 1.37. The molecule has 0 aromatic carbocycles. The number of furan rings is 1. The predicted molar refractivity (Wildman–Crippen MR) is 99.2 cm³/mol. The Bertz CT molecular complexity index is 657. The summed E-state index contributed by atoms with van der Waals surface area (Å²) in [5.41, 5.74) is 5.37. The van der Waals surface area contributed by atoms with E-state index in [4.69, 9.17) is 28.9 Å². The Hall–Kier alpha value is -2.60. The number of nitro groups is 1. The molecular formula is C12H17N7O3S2. The van der Waals surface area contributed by atoms with Crippen LogP contribution in [-0.2, 0) is 0 Å². The molecule has 0 saturated carbocycles. The molecule has 10 nitrogen and oxygen atoms in total. The van der Waals surface area contributed by atoms with Crippen LogP contribution in [0.15, 0.2) is 26.8 Å². The molecule has 0 aliphatic heterocycles. The van der Waals surface area contributed by atoms with Crippen LogP contribution < -0.4 is 21.5 Å². The van der Waals surface area contributed by atoms with E-state index >= 15 is 0 Å². The Balaban J connectivity index is 2.91. The maximum Gasteiger partial charge on any atom is 0.433 e. The van der Waals surface area contributed by atoms with Crippen LogP contribution in [-0.4, -0.2) is 40.2 Å². The SMILES string of the molecule is CCNC(=S)N/N=C(/C=N/NC(=S)NCC)c1ccc([N+](=O)[O-])o1. The van der Waals surface area contributed by atoms with Crippen LogP contribution >= 0.6 is 24.4 Å². The van der Waals surface area contributed by atoms with E-state index in [0.717, 1.165) is 0 Å². The van der Waals surface area contributed by atoms with Crippen molar-refractivity contribution in [2.24, 2.45) is 10.2 Å². The van der Waals surface area contributed by atoms with Gasteiger partial charge in [0.05, 0.1) is 12.3 Å². The van der Waals surface area contributed by atoms with Gasteiger partial charge in [0, 0.05) is 13.1 Å². The molecule has 0 unspecified atom stereocenters. The third-order valence-corrected chi connectivity index (χ3v) is 2.80. The quantitative estimate of drug-likeness (QED) is 0.238. The van der Waals surface area contributed by atoms with Crippen molar-refractivity contribution >= 4 is 52.5 Å². The van der Waals surface area contributed by atoms with E-state index in [-0.39, 0.29) is 11.5 Å². The van der Waals surface area contributed by atoms with Gasteiger partial charge >= 0.3 is 5.88 Å². The molecule has 0 aliphatic rings. The van der Waals surface area contributed by atoms with Crippen LogP contribution in [0.4, 0.5) is 5.88 Å². The lowest BCUT2D eigenvalue weighted by molar-refractivity contribution is -0.402. The summed E-state index contributed by atoms with van der Waals surface area (Å²) in [4.78, 5) is 10.1. The Morgan fingerprint density at radius 1 is 1.25 bits per heavy atom. The van der Waals surface area contributed by atoms with E-state index in [1.807, 2.05) is 13.8 Å². The van der Waals surface area contributed by atoms with E-state index < -0.39 is 10.8 Å². The summed E-state index contributed by atoms with van der Waals surface area (Å²) < 4.78 is 5.10. The summed E-state index contributed by atoms with van der Waals surface area (Å²) in [5, 5.41) is 25.0. The van der Waals surface area contributed by atoms with Gasteiger partial charge in [0.1, 0.15) is 10.6 Å². The van der Waals surface area contributed by atoms with Crippen molar-refractivity contribution in [3.05, 3.63) is 28.0 Å². The number of hydrazone groups is 2. The molecule has 1 aromatic heterocycles. The van der Waals surface area contributed by atoms with E-state index in [9.17, 15) is 10.1 Å². The highest BCUT2D eigenvalue weighted by Crippen LogP contribution is 2.15. The van der Waals surface area contributed by atoms with E-state index in [0.29, 0.717) is 23.3 Å². The first kappa shape index (κ1) is 19.4. The van der Waals surface area contributed by atoms with Gasteiger partial charge in [-0.3, -0.25) is 21.0 Å². The minimum absolute atomic E-state index is 0.147. The maximum absolute atomic E-state index is 10.7. The molecule has 0 amide bonds. The third-order valence-electron chi connectivity index (χ3n) is 2.33. The summed E-state index contributed by atoms with van der Waals surface area (Å²) in [6, 6.07) is 2.63. The largest absolute Gasteiger partial charge is 0.433 e. The first-order valence-corrected chi connectivity index (χ1v) is 7.72. The average Bonchev–Trinajstić information content (AvgIpc) is 3.01. The second kappa shape index (κ2) is 10.2. The van der Waals surface area contributed by atoms with Gasteiger partial charge in [-0.2, -0.15) is 10.2 Å². The zero-order valence-electron chi connectivity index (χ0n) is 13.0. The molecule has 1 aromatic rings. The van der Waals surface area contributed by atoms with Crippen molar-refractivity contribution in [1.82, 2.24) is 21.5 Å². The van der Waals surface area contributed by atoms with Crippen molar-refractivity contribution in [3.63, 3.8) is 0 Å². The summed E-state index contributed by atoms with van der Waals surface area (Å²) in [6.45, 7) is 5.03. The normalized spacial score (nSPS) is 11.2. The highest BCUT2D eigenvalue weighted by atomic mass is 32.1. The van der Waals surface area contributed by atoms with Gasteiger partial charge in [-0.1, -0.05) is 0 Å². The van der Waals surface area contributed by atoms with Gasteiger partial charge in [0.2, 0.25) is 0 Å². The van der Waals surface area contributed by atoms with Crippen LogP contribution in [0.2, 0.25) is 0 Å². The Kier molecular flexibility index (Phi) is 8.29. The second-order valence-electron chi connectivity index (χ2n) is 4.09. The molecule has 12 heteroatoms. The highest BCUT2D eigenvalue weighted by molar-refractivity contribution is 7.80. The summed E-state index contributed by atoms with van der Waals surface area (Å²) >= 11 is 9.96. The van der Waals surface area contributed by atoms with Gasteiger partial charge in [0.15, 0.2) is 16.0 Å². The van der Waals surface area contributed by atoms with Crippen molar-refractivity contribution in [3.8, 4) is 0 Å². The molecule has 24 heavy (non-hydrogen) atoms. The van der Waals surface area contributed by atoms with Gasteiger partial charge in [-0.05, 0) is 44.3 Å². The fourth-order valence-corrected chi connectivity index (χ4v) is 1.76. The highest BCUT2D eigenvalue weighted by Gasteiger charge is 2.15. The van der Waals surface area contributed by atoms with Crippen LogP contribution in [0, 0.1) is 10.1 Å². The minimum Gasteiger partial charge on any atom is -0.399 e. The van der Waals surface area contributed by atoms with Gasteiger partial charge < -0.3 is 15.1 Å². The molecule has 0 fully saturated rings. The van der Waals surface area contributed by atoms with Crippen molar-refractivity contribution in [1.29, 1.82) is 0 Å². The van der Waals surface area contributed by atoms with Gasteiger partial charge in [-0.15, -0.1) is 0 Å². The summed E-state index contributed by atoms with van der Waals surface area (Å²) in [7, 11) is 0. The lowest BCUT2D eigenvalue weighted by Crippen LogP contribution is -2.33. The first-order chi connectivity index (χ1) is 11.5. The standard InChI is InChI=1S/C12H17N7O3S2/c1-3-13-11(23)17-15-7-8(16-18-12(24)14-4-2)9-5-6-10(22-9)19(20)21/h5-7H,3-4H2,1-2H3,(H2,13,17,23)(H2,14,18,24)/b15-7+,16-8-. The van der Waals surface area contributed by atoms with Crippen LogP contribution in [0.3, 0.4) is 0 Å². The van der Waals surface area contributed by atoms with Crippen molar-refractivity contribution < 1.29 is 9.34 Å². The van der Waals surface area contributed by atoms with E-state index in [1.54, 1.807) is 0 Å². The van der Waals surface area contributed by atoms with Crippen LogP contribution in [0.1, 0.15) is 19.6 Å². The number of nitrogens with one attached hydrogen (secondary N) is 4. The summed E-state index contributed by atoms with van der Waals surface area (Å²) in [6.07, 6.45) is 1.30. The monoisotopic (exact) mass is 371 g/mol. The molecular weight excluding hydrogens is 354 g/mol. The molecule has 130 valence electrons. The number of nitrogens with zero attached hydrogens (tertiary/aromatic N) is 3. The maximum atomic E-state index is 10.7. The third kappa shape index (κ3) is 6.66. The molecule has 4 N–H and O–H groups in total. The first-order valence-electron chi connectivity index (χ1n) is 6.90. The fraction of sp³-hybridized carbons (Fsp3) is 0.333. The molecule has 0 spiro atoms. The zero-order chi connectivity index (χ0) is 17.9. The van der Waals surface area contributed by atoms with E-state index in [1.165, 1.54) is 18.3 Å².